The van der Waals surface area contributed by atoms with Gasteiger partial charge in [0.25, 0.3) is 0 Å². The molecule has 0 aliphatic heterocycles. The fourth-order valence-electron chi connectivity index (χ4n) is 1.39. The summed E-state index contributed by atoms with van der Waals surface area (Å²) in [5.41, 5.74) is 0.266. The Kier molecular flexibility index (Phi) is 6.81. The molecule has 20 heavy (non-hydrogen) atoms. The van der Waals surface area contributed by atoms with Gasteiger partial charge in [-0.2, -0.15) is 0 Å². The molecule has 0 saturated heterocycles. The number of rotatable bonds is 4. The van der Waals surface area contributed by atoms with Gasteiger partial charge in [-0.15, -0.1) is 0 Å². The maximum absolute atomic E-state index is 11.8. The molecule has 0 aromatic heterocycles. The Morgan fingerprint density at radius 3 is 2.30 bits per heavy atom. The van der Waals surface area contributed by atoms with E-state index in [9.17, 15) is 9.59 Å². The van der Waals surface area contributed by atoms with Crippen molar-refractivity contribution in [3.8, 4) is 0 Å². The maximum atomic E-state index is 11.8. The molecule has 0 bridgehead atoms. The number of carbonyl (C=O) groups is 2. The summed E-state index contributed by atoms with van der Waals surface area (Å²) >= 11 is 0.941. The van der Waals surface area contributed by atoms with Gasteiger partial charge in [0.05, 0.1) is 23.2 Å². The van der Waals surface area contributed by atoms with E-state index in [2.05, 4.69) is 0 Å². The zero-order valence-electron chi connectivity index (χ0n) is 11.8. The van der Waals surface area contributed by atoms with Gasteiger partial charge in [0.2, 0.25) is 0 Å². The van der Waals surface area contributed by atoms with Gasteiger partial charge in [-0.25, -0.2) is 9.59 Å². The first-order chi connectivity index (χ1) is 9.16. The summed E-state index contributed by atoms with van der Waals surface area (Å²) in [6, 6.07) is 14.9. The second kappa shape index (κ2) is 8.11. The first-order valence-corrected chi connectivity index (χ1v) is 6.18. The number of hydrogen-bond acceptors (Lipinski definition) is 4. The molecule has 0 amide bonds. The van der Waals surface area contributed by atoms with E-state index < -0.39 is 11.9 Å². The Morgan fingerprint density at radius 2 is 1.65 bits per heavy atom. The molecule has 0 aliphatic rings. The average Bonchev–Trinajstić information content (AvgIpc) is 2.46. The molecule has 0 unspecified atom stereocenters. The Bertz CT molecular complexity index is 607. The molecule has 4 nitrogen and oxygen atoms in total. The van der Waals surface area contributed by atoms with Crippen molar-refractivity contribution in [3.63, 3.8) is 0 Å². The van der Waals surface area contributed by atoms with Crippen LogP contribution in [-0.4, -0.2) is 17.0 Å². The summed E-state index contributed by atoms with van der Waals surface area (Å²) in [6.45, 7) is 0. The quantitative estimate of drug-likeness (QED) is 0.652. The van der Waals surface area contributed by atoms with E-state index in [1.807, 2.05) is 30.3 Å². The number of carboxylic acids is 1. The van der Waals surface area contributed by atoms with Gasteiger partial charge < -0.3 is 10.7 Å². The van der Waals surface area contributed by atoms with Crippen LogP contribution >= 0.6 is 12.0 Å². The molecule has 2 aromatic carbocycles. The number of carboxylic acid groups (broad SMARTS) is 1. The largest absolute Gasteiger partial charge is 1.00 e. The SMILES string of the molecule is O=C(O)c1cccc(C(=O)OSc2ccccc2)c1.[H-].[Na+]. The third-order valence-electron chi connectivity index (χ3n) is 2.30. The second-order valence-corrected chi connectivity index (χ2v) is 4.46. The number of benzene rings is 2. The first-order valence-electron chi connectivity index (χ1n) is 5.44. The van der Waals surface area contributed by atoms with Gasteiger partial charge in [0, 0.05) is 4.90 Å². The van der Waals surface area contributed by atoms with Gasteiger partial charge in [-0.05, 0) is 30.3 Å². The van der Waals surface area contributed by atoms with Crippen LogP contribution in [0.3, 0.4) is 0 Å². The van der Waals surface area contributed by atoms with E-state index in [0.717, 1.165) is 16.9 Å². The van der Waals surface area contributed by atoms with E-state index in [1.54, 1.807) is 0 Å². The van der Waals surface area contributed by atoms with E-state index in [0.29, 0.717) is 0 Å². The van der Waals surface area contributed by atoms with Crippen LogP contribution in [0, 0.1) is 0 Å². The monoisotopic (exact) mass is 298 g/mol. The molecule has 0 heterocycles. The fourth-order valence-corrected chi connectivity index (χ4v) is 1.93. The molecule has 0 fully saturated rings. The van der Waals surface area contributed by atoms with Crippen LogP contribution in [0.5, 0.6) is 0 Å². The van der Waals surface area contributed by atoms with E-state index >= 15 is 0 Å². The summed E-state index contributed by atoms with van der Waals surface area (Å²) in [5.74, 6) is -1.65. The van der Waals surface area contributed by atoms with Crippen LogP contribution in [0.1, 0.15) is 22.1 Å². The molecular weight excluding hydrogens is 287 g/mol. The van der Waals surface area contributed by atoms with Crippen molar-refractivity contribution in [1.29, 1.82) is 0 Å². The predicted molar refractivity (Wildman–Crippen MR) is 72.2 cm³/mol. The summed E-state index contributed by atoms with van der Waals surface area (Å²) in [7, 11) is 0. The zero-order chi connectivity index (χ0) is 13.7. The summed E-state index contributed by atoms with van der Waals surface area (Å²) < 4.78 is 5.03. The van der Waals surface area contributed by atoms with Crippen molar-refractivity contribution >= 4 is 24.0 Å². The van der Waals surface area contributed by atoms with Crippen LogP contribution in [0.4, 0.5) is 0 Å². The normalized spacial score (nSPS) is 9.40. The van der Waals surface area contributed by atoms with Gasteiger partial charge >= 0.3 is 41.5 Å². The van der Waals surface area contributed by atoms with Crippen molar-refractivity contribution < 1.29 is 49.9 Å². The molecule has 2 aromatic rings. The molecule has 2 rings (SSSR count). The Labute approximate surface area is 144 Å². The molecule has 0 spiro atoms. The van der Waals surface area contributed by atoms with Crippen molar-refractivity contribution in [1.82, 2.24) is 0 Å². The van der Waals surface area contributed by atoms with Crippen molar-refractivity contribution in [2.45, 2.75) is 4.90 Å². The Balaban J connectivity index is 0.00000200. The number of carbonyl (C=O) groups excluding carboxylic acids is 1. The number of aromatic carboxylic acids is 1. The van der Waals surface area contributed by atoms with Gasteiger partial charge in [0.1, 0.15) is 0 Å². The minimum absolute atomic E-state index is 0. The topological polar surface area (TPSA) is 63.6 Å². The van der Waals surface area contributed by atoms with Gasteiger partial charge in [0.15, 0.2) is 0 Å². The standard InChI is InChI=1S/C14H10O4S.Na.H/c15-13(16)10-5-4-6-11(9-10)14(17)18-19-12-7-2-1-3-8-12;;/h1-9H,(H,15,16);;/q;+1;-1. The van der Waals surface area contributed by atoms with Crippen LogP contribution < -0.4 is 29.6 Å². The van der Waals surface area contributed by atoms with Crippen molar-refractivity contribution in [2.75, 3.05) is 0 Å². The molecule has 6 heteroatoms. The van der Waals surface area contributed by atoms with E-state index in [-0.39, 0.29) is 42.1 Å². The van der Waals surface area contributed by atoms with Gasteiger partial charge in [-0.1, -0.05) is 24.3 Å². The Morgan fingerprint density at radius 1 is 1.00 bits per heavy atom. The zero-order valence-corrected chi connectivity index (χ0v) is 13.6. The summed E-state index contributed by atoms with van der Waals surface area (Å²) in [5, 5.41) is 8.84. The molecule has 0 saturated carbocycles. The summed E-state index contributed by atoms with van der Waals surface area (Å²) in [6.07, 6.45) is 0. The molecule has 98 valence electrons. The molecule has 1 N–H and O–H groups in total. The third-order valence-corrected chi connectivity index (χ3v) is 3.00. The van der Waals surface area contributed by atoms with Crippen molar-refractivity contribution in [3.05, 3.63) is 65.7 Å². The molecule has 0 atom stereocenters. The smallest absolute Gasteiger partial charge is 1.00 e. The fraction of sp³-hybridized carbons (Fsp3) is 0. The first kappa shape index (κ1) is 16.8. The van der Waals surface area contributed by atoms with Gasteiger partial charge in [-0.3, -0.25) is 0 Å². The summed E-state index contributed by atoms with van der Waals surface area (Å²) in [4.78, 5) is 23.4. The van der Waals surface area contributed by atoms with E-state index in [4.69, 9.17) is 9.29 Å². The van der Waals surface area contributed by atoms with Crippen molar-refractivity contribution in [2.24, 2.45) is 0 Å². The molecular formula is C14H11NaO4S. The van der Waals surface area contributed by atoms with Crippen LogP contribution in [0.25, 0.3) is 0 Å². The predicted octanol–water partition coefficient (Wildman–Crippen LogP) is 0.365. The minimum Gasteiger partial charge on any atom is -1.00 e. The third kappa shape index (κ3) is 4.68. The van der Waals surface area contributed by atoms with E-state index in [1.165, 1.54) is 24.3 Å². The van der Waals surface area contributed by atoms with Crippen LogP contribution in [0.15, 0.2) is 59.5 Å². The second-order valence-electron chi connectivity index (χ2n) is 3.65. The van der Waals surface area contributed by atoms with Crippen LogP contribution in [0.2, 0.25) is 0 Å². The molecule has 0 radical (unpaired) electrons. The molecule has 0 aliphatic carbocycles. The van der Waals surface area contributed by atoms with Crippen LogP contribution in [-0.2, 0) is 4.18 Å². The Hall–Kier alpha value is -1.27. The number of hydrogen-bond donors (Lipinski definition) is 1. The maximum Gasteiger partial charge on any atom is 1.00 e. The minimum atomic E-state index is -1.08. The average molecular weight is 298 g/mol.